The Labute approximate surface area is 99.3 Å². The Bertz CT molecular complexity index is 381. The Morgan fingerprint density at radius 1 is 1.53 bits per heavy atom. The molecule has 92 valence electrons. The highest BCUT2D eigenvalue weighted by molar-refractivity contribution is 5.79. The number of likely N-dealkylation sites (N-methyl/N-ethyl adjacent to an activating group) is 1. The van der Waals surface area contributed by atoms with Crippen LogP contribution in [-0.4, -0.2) is 47.1 Å². The first-order chi connectivity index (χ1) is 8.09. The molecule has 2 amide bonds. The zero-order chi connectivity index (χ0) is 12.7. The van der Waals surface area contributed by atoms with Crippen molar-refractivity contribution in [2.45, 2.75) is 6.42 Å². The first kappa shape index (κ1) is 13.0. The first-order valence-electron chi connectivity index (χ1n) is 5.19. The summed E-state index contributed by atoms with van der Waals surface area (Å²) in [7, 11) is 1.44. The third-order valence-electron chi connectivity index (χ3n) is 2.13. The molecule has 17 heavy (non-hydrogen) atoms. The smallest absolute Gasteiger partial charge is 0.323 e. The minimum absolute atomic E-state index is 0.307. The van der Waals surface area contributed by atoms with Gasteiger partial charge in [-0.15, -0.1) is 0 Å². The minimum atomic E-state index is -1.03. The van der Waals surface area contributed by atoms with Crippen LogP contribution in [0.25, 0.3) is 0 Å². The molecule has 1 heterocycles. The molecule has 1 rings (SSSR count). The molecule has 0 unspecified atom stereocenters. The standard InChI is InChI=1S/C11H15N3O3/c1-14(8-10(15)16)11(17)13-6-4-9-3-2-5-12-7-9/h2-3,5,7H,4,6,8H2,1H3,(H,13,17)(H,15,16). The summed E-state index contributed by atoms with van der Waals surface area (Å²) < 4.78 is 0. The molecule has 0 atom stereocenters. The SMILES string of the molecule is CN(CC(=O)O)C(=O)NCCc1cccnc1. The normalized spacial score (nSPS) is 9.71. The molecule has 1 aromatic rings. The molecule has 0 aromatic carbocycles. The summed E-state index contributed by atoms with van der Waals surface area (Å²) in [5.41, 5.74) is 1.02. The summed E-state index contributed by atoms with van der Waals surface area (Å²) in [4.78, 5) is 26.9. The van der Waals surface area contributed by atoms with Crippen LogP contribution in [0.4, 0.5) is 4.79 Å². The van der Waals surface area contributed by atoms with Gasteiger partial charge >= 0.3 is 12.0 Å². The van der Waals surface area contributed by atoms with Gasteiger partial charge in [0.25, 0.3) is 0 Å². The molecule has 0 spiro atoms. The van der Waals surface area contributed by atoms with Crippen molar-refractivity contribution in [3.63, 3.8) is 0 Å². The lowest BCUT2D eigenvalue weighted by atomic mass is 10.2. The van der Waals surface area contributed by atoms with Crippen molar-refractivity contribution in [2.24, 2.45) is 0 Å². The van der Waals surface area contributed by atoms with Crippen LogP contribution >= 0.6 is 0 Å². The molecule has 1 aromatic heterocycles. The number of carbonyl (C=O) groups is 2. The Balaban J connectivity index is 2.27. The number of aliphatic carboxylic acids is 1. The van der Waals surface area contributed by atoms with Crippen molar-refractivity contribution in [1.29, 1.82) is 0 Å². The van der Waals surface area contributed by atoms with E-state index in [4.69, 9.17) is 5.11 Å². The molecule has 0 aliphatic heterocycles. The number of carboxylic acid groups (broad SMARTS) is 1. The maximum Gasteiger partial charge on any atom is 0.323 e. The minimum Gasteiger partial charge on any atom is -0.480 e. The molecule has 0 bridgehead atoms. The lowest BCUT2D eigenvalue weighted by molar-refractivity contribution is -0.137. The van der Waals surface area contributed by atoms with Crippen molar-refractivity contribution >= 4 is 12.0 Å². The molecular formula is C11H15N3O3. The number of nitrogens with one attached hydrogen (secondary N) is 1. The molecule has 0 saturated heterocycles. The number of hydrogen-bond acceptors (Lipinski definition) is 3. The van der Waals surface area contributed by atoms with Gasteiger partial charge in [0.1, 0.15) is 6.54 Å². The number of urea groups is 1. The van der Waals surface area contributed by atoms with E-state index in [1.54, 1.807) is 12.4 Å². The van der Waals surface area contributed by atoms with E-state index < -0.39 is 12.0 Å². The van der Waals surface area contributed by atoms with Crippen molar-refractivity contribution in [3.05, 3.63) is 30.1 Å². The van der Waals surface area contributed by atoms with E-state index in [1.165, 1.54) is 7.05 Å². The van der Waals surface area contributed by atoms with Crippen molar-refractivity contribution in [3.8, 4) is 0 Å². The molecule has 0 aliphatic carbocycles. The number of nitrogens with zero attached hydrogens (tertiary/aromatic N) is 2. The second-order valence-corrected chi connectivity index (χ2v) is 3.59. The van der Waals surface area contributed by atoms with E-state index >= 15 is 0 Å². The predicted molar refractivity (Wildman–Crippen MR) is 61.6 cm³/mol. The van der Waals surface area contributed by atoms with E-state index in [9.17, 15) is 9.59 Å². The number of pyridine rings is 1. The highest BCUT2D eigenvalue weighted by Gasteiger charge is 2.10. The van der Waals surface area contributed by atoms with Crippen molar-refractivity contribution in [2.75, 3.05) is 20.1 Å². The van der Waals surface area contributed by atoms with Crippen LogP contribution in [0.3, 0.4) is 0 Å². The van der Waals surface area contributed by atoms with E-state index in [2.05, 4.69) is 10.3 Å². The number of rotatable bonds is 5. The fraction of sp³-hybridized carbons (Fsp3) is 0.364. The van der Waals surface area contributed by atoms with Crippen LogP contribution in [0.5, 0.6) is 0 Å². The van der Waals surface area contributed by atoms with Crippen molar-refractivity contribution in [1.82, 2.24) is 15.2 Å². The molecule has 0 saturated carbocycles. The zero-order valence-electron chi connectivity index (χ0n) is 9.59. The molecular weight excluding hydrogens is 222 g/mol. The third-order valence-corrected chi connectivity index (χ3v) is 2.13. The van der Waals surface area contributed by atoms with Gasteiger partial charge in [-0.3, -0.25) is 9.78 Å². The zero-order valence-corrected chi connectivity index (χ0v) is 9.59. The van der Waals surface area contributed by atoms with Crippen LogP contribution in [0, 0.1) is 0 Å². The highest BCUT2D eigenvalue weighted by Crippen LogP contribution is 1.95. The summed E-state index contributed by atoms with van der Waals surface area (Å²) in [5, 5.41) is 11.1. The predicted octanol–water partition coefficient (Wildman–Crippen LogP) is 0.350. The average Bonchev–Trinajstić information content (AvgIpc) is 2.29. The van der Waals surface area contributed by atoms with Crippen LogP contribution < -0.4 is 5.32 Å². The number of carboxylic acids is 1. The molecule has 0 radical (unpaired) electrons. The number of carbonyl (C=O) groups excluding carboxylic acids is 1. The van der Waals surface area contributed by atoms with E-state index in [1.807, 2.05) is 12.1 Å². The Morgan fingerprint density at radius 3 is 2.88 bits per heavy atom. The van der Waals surface area contributed by atoms with Gasteiger partial charge in [-0.25, -0.2) is 4.79 Å². The van der Waals surface area contributed by atoms with Crippen LogP contribution in [0.2, 0.25) is 0 Å². The van der Waals surface area contributed by atoms with Crippen LogP contribution in [0.1, 0.15) is 5.56 Å². The fourth-order valence-corrected chi connectivity index (χ4v) is 1.27. The number of hydrogen-bond donors (Lipinski definition) is 2. The number of aromatic nitrogens is 1. The monoisotopic (exact) mass is 237 g/mol. The summed E-state index contributed by atoms with van der Waals surface area (Å²) >= 11 is 0. The van der Waals surface area contributed by atoms with Gasteiger partial charge in [0, 0.05) is 26.0 Å². The van der Waals surface area contributed by atoms with Crippen molar-refractivity contribution < 1.29 is 14.7 Å². The van der Waals surface area contributed by atoms with Gasteiger partial charge in [0.15, 0.2) is 0 Å². The van der Waals surface area contributed by atoms with Gasteiger partial charge in [0.05, 0.1) is 0 Å². The maximum atomic E-state index is 11.4. The topological polar surface area (TPSA) is 82.5 Å². The fourth-order valence-electron chi connectivity index (χ4n) is 1.27. The quantitative estimate of drug-likeness (QED) is 0.774. The summed E-state index contributed by atoms with van der Waals surface area (Å²) in [6, 6.07) is 3.35. The van der Waals surface area contributed by atoms with Gasteiger partial charge in [0.2, 0.25) is 0 Å². The van der Waals surface area contributed by atoms with Crippen LogP contribution in [-0.2, 0) is 11.2 Å². The van der Waals surface area contributed by atoms with Crippen LogP contribution in [0.15, 0.2) is 24.5 Å². The Morgan fingerprint density at radius 2 is 2.29 bits per heavy atom. The molecule has 2 N–H and O–H groups in total. The van der Waals surface area contributed by atoms with Gasteiger partial charge in [-0.2, -0.15) is 0 Å². The molecule has 0 fully saturated rings. The Hall–Kier alpha value is -2.11. The third kappa shape index (κ3) is 4.96. The largest absolute Gasteiger partial charge is 0.480 e. The number of amides is 2. The second kappa shape index (κ2) is 6.47. The summed E-state index contributed by atoms with van der Waals surface area (Å²) in [5.74, 6) is -1.03. The summed E-state index contributed by atoms with van der Waals surface area (Å²) in [6.45, 7) is 0.146. The maximum absolute atomic E-state index is 11.4. The van der Waals surface area contributed by atoms with Gasteiger partial charge in [-0.05, 0) is 18.1 Å². The highest BCUT2D eigenvalue weighted by atomic mass is 16.4. The lowest BCUT2D eigenvalue weighted by Crippen LogP contribution is -2.40. The molecule has 6 nitrogen and oxygen atoms in total. The van der Waals surface area contributed by atoms with E-state index in [-0.39, 0.29) is 6.54 Å². The lowest BCUT2D eigenvalue weighted by Gasteiger charge is -2.15. The Kier molecular flexibility index (Phi) is 4.93. The van der Waals surface area contributed by atoms with Gasteiger partial charge in [-0.1, -0.05) is 6.07 Å². The molecule has 6 heteroatoms. The molecule has 0 aliphatic rings. The second-order valence-electron chi connectivity index (χ2n) is 3.59. The van der Waals surface area contributed by atoms with E-state index in [0.29, 0.717) is 13.0 Å². The van der Waals surface area contributed by atoms with Gasteiger partial charge < -0.3 is 15.3 Å². The average molecular weight is 237 g/mol. The summed E-state index contributed by atoms with van der Waals surface area (Å²) in [6.07, 6.45) is 4.08. The first-order valence-corrected chi connectivity index (χ1v) is 5.19. The van der Waals surface area contributed by atoms with E-state index in [0.717, 1.165) is 10.5 Å².